The first-order chi connectivity index (χ1) is 8.78. The summed E-state index contributed by atoms with van der Waals surface area (Å²) in [5, 5.41) is 5.74. The van der Waals surface area contributed by atoms with E-state index in [-0.39, 0.29) is 0 Å². The molecule has 4 heteroatoms. The van der Waals surface area contributed by atoms with Crippen molar-refractivity contribution >= 4 is 27.3 Å². The van der Waals surface area contributed by atoms with Crippen LogP contribution >= 0.6 is 27.3 Å². The molecule has 1 aromatic heterocycles. The van der Waals surface area contributed by atoms with Crippen LogP contribution in [0.5, 0.6) is 0 Å². The molecule has 1 aliphatic heterocycles. The number of rotatable bonds is 6. The Kier molecular flexibility index (Phi) is 6.15. The normalized spacial score (nSPS) is 21.3. The van der Waals surface area contributed by atoms with Crippen molar-refractivity contribution in [2.24, 2.45) is 5.92 Å². The standard InChI is InChI=1S/C14H23BrN2S/c1-2-5-16-8-12-4-3-6-17(9-12)10-14-7-13(15)11-18-14/h7,11-12,16H,2-6,8-10H2,1H3. The van der Waals surface area contributed by atoms with Gasteiger partial charge in [0.25, 0.3) is 0 Å². The Bertz CT molecular complexity index is 353. The van der Waals surface area contributed by atoms with E-state index >= 15 is 0 Å². The van der Waals surface area contributed by atoms with Gasteiger partial charge in [0.1, 0.15) is 0 Å². The number of nitrogens with zero attached hydrogens (tertiary/aromatic N) is 1. The number of hydrogen-bond acceptors (Lipinski definition) is 3. The number of likely N-dealkylation sites (tertiary alicyclic amines) is 1. The second-order valence-electron chi connectivity index (χ2n) is 5.18. The zero-order chi connectivity index (χ0) is 12.8. The van der Waals surface area contributed by atoms with E-state index in [2.05, 4.69) is 44.5 Å². The summed E-state index contributed by atoms with van der Waals surface area (Å²) in [4.78, 5) is 4.09. The molecule has 18 heavy (non-hydrogen) atoms. The van der Waals surface area contributed by atoms with E-state index in [1.807, 2.05) is 11.3 Å². The second-order valence-corrected chi connectivity index (χ2v) is 7.09. The van der Waals surface area contributed by atoms with Crippen molar-refractivity contribution < 1.29 is 0 Å². The summed E-state index contributed by atoms with van der Waals surface area (Å²) < 4.78 is 1.22. The Morgan fingerprint density at radius 2 is 2.44 bits per heavy atom. The lowest BCUT2D eigenvalue weighted by atomic mass is 9.98. The van der Waals surface area contributed by atoms with Crippen molar-refractivity contribution in [3.05, 3.63) is 20.8 Å². The van der Waals surface area contributed by atoms with Crippen LogP contribution < -0.4 is 5.32 Å². The minimum Gasteiger partial charge on any atom is -0.316 e. The summed E-state index contributed by atoms with van der Waals surface area (Å²) in [5.41, 5.74) is 0. The van der Waals surface area contributed by atoms with Crippen molar-refractivity contribution in [2.45, 2.75) is 32.7 Å². The highest BCUT2D eigenvalue weighted by molar-refractivity contribution is 9.10. The van der Waals surface area contributed by atoms with Gasteiger partial charge in [-0.2, -0.15) is 0 Å². The zero-order valence-corrected chi connectivity index (χ0v) is 13.5. The molecule has 0 radical (unpaired) electrons. The molecule has 0 saturated carbocycles. The van der Waals surface area contributed by atoms with E-state index in [0.717, 1.165) is 19.0 Å². The van der Waals surface area contributed by atoms with E-state index in [4.69, 9.17) is 0 Å². The van der Waals surface area contributed by atoms with Crippen LogP contribution in [0.3, 0.4) is 0 Å². The second kappa shape index (κ2) is 7.63. The minimum absolute atomic E-state index is 0.841. The van der Waals surface area contributed by atoms with E-state index in [0.29, 0.717) is 0 Å². The van der Waals surface area contributed by atoms with Gasteiger partial charge in [-0.3, -0.25) is 4.90 Å². The summed E-state index contributed by atoms with van der Waals surface area (Å²) in [6.45, 7) is 8.23. The molecule has 2 nitrogen and oxygen atoms in total. The first-order valence-corrected chi connectivity index (χ1v) is 8.61. The maximum atomic E-state index is 3.56. The molecule has 0 amide bonds. The third-order valence-corrected chi connectivity index (χ3v) is 5.15. The lowest BCUT2D eigenvalue weighted by molar-refractivity contribution is 0.167. The van der Waals surface area contributed by atoms with Gasteiger partial charge in [-0.25, -0.2) is 0 Å². The largest absolute Gasteiger partial charge is 0.316 e. The third-order valence-electron chi connectivity index (χ3n) is 3.46. The van der Waals surface area contributed by atoms with Crippen LogP contribution in [-0.4, -0.2) is 31.1 Å². The van der Waals surface area contributed by atoms with Crippen LogP contribution in [-0.2, 0) is 6.54 Å². The fourth-order valence-corrected chi connectivity index (χ4v) is 4.09. The van der Waals surface area contributed by atoms with Crippen molar-refractivity contribution in [1.29, 1.82) is 0 Å². The Hall–Kier alpha value is 0.1000. The summed E-state index contributed by atoms with van der Waals surface area (Å²) in [5.74, 6) is 0.841. The van der Waals surface area contributed by atoms with Crippen molar-refractivity contribution in [2.75, 3.05) is 26.2 Å². The highest BCUT2D eigenvalue weighted by Gasteiger charge is 2.19. The van der Waals surface area contributed by atoms with Crippen LogP contribution in [0.15, 0.2) is 15.9 Å². The molecule has 1 aromatic rings. The molecular formula is C14H23BrN2S. The predicted molar refractivity (Wildman–Crippen MR) is 83.2 cm³/mol. The fourth-order valence-electron chi connectivity index (χ4n) is 2.60. The highest BCUT2D eigenvalue weighted by atomic mass is 79.9. The Balaban J connectivity index is 1.76. The molecule has 0 aliphatic carbocycles. The first-order valence-electron chi connectivity index (χ1n) is 6.94. The van der Waals surface area contributed by atoms with Crippen molar-refractivity contribution in [3.63, 3.8) is 0 Å². The van der Waals surface area contributed by atoms with Crippen LogP contribution in [0.4, 0.5) is 0 Å². The molecule has 1 saturated heterocycles. The molecule has 2 heterocycles. The van der Waals surface area contributed by atoms with Gasteiger partial charge in [-0.1, -0.05) is 6.92 Å². The average Bonchev–Trinajstić information content (AvgIpc) is 2.76. The number of halogens is 1. The van der Waals surface area contributed by atoms with Gasteiger partial charge < -0.3 is 5.32 Å². The van der Waals surface area contributed by atoms with Crippen LogP contribution in [0.1, 0.15) is 31.1 Å². The van der Waals surface area contributed by atoms with Gasteiger partial charge in [-0.05, 0) is 66.8 Å². The van der Waals surface area contributed by atoms with Gasteiger partial charge in [0.2, 0.25) is 0 Å². The number of piperidine rings is 1. The molecule has 0 aromatic carbocycles. The molecule has 0 spiro atoms. The fraction of sp³-hybridized carbons (Fsp3) is 0.714. The lowest BCUT2D eigenvalue weighted by Gasteiger charge is -2.32. The van der Waals surface area contributed by atoms with E-state index < -0.39 is 0 Å². The zero-order valence-electron chi connectivity index (χ0n) is 11.1. The number of nitrogens with one attached hydrogen (secondary N) is 1. The van der Waals surface area contributed by atoms with E-state index in [1.165, 1.54) is 48.2 Å². The molecule has 1 N–H and O–H groups in total. The van der Waals surface area contributed by atoms with Crippen molar-refractivity contribution in [1.82, 2.24) is 10.2 Å². The molecule has 1 fully saturated rings. The van der Waals surface area contributed by atoms with Gasteiger partial charge in [0.05, 0.1) is 0 Å². The number of thiophene rings is 1. The summed E-state index contributed by atoms with van der Waals surface area (Å²) in [7, 11) is 0. The topological polar surface area (TPSA) is 15.3 Å². The monoisotopic (exact) mass is 330 g/mol. The summed E-state index contributed by atoms with van der Waals surface area (Å²) >= 11 is 5.39. The van der Waals surface area contributed by atoms with Crippen molar-refractivity contribution in [3.8, 4) is 0 Å². The highest BCUT2D eigenvalue weighted by Crippen LogP contribution is 2.23. The van der Waals surface area contributed by atoms with E-state index in [1.54, 1.807) is 0 Å². The molecule has 1 atom stereocenters. The maximum Gasteiger partial charge on any atom is 0.0328 e. The van der Waals surface area contributed by atoms with Gasteiger partial charge in [-0.15, -0.1) is 11.3 Å². The molecule has 1 unspecified atom stereocenters. The Morgan fingerprint density at radius 1 is 1.56 bits per heavy atom. The average molecular weight is 331 g/mol. The van der Waals surface area contributed by atoms with Gasteiger partial charge in [0.15, 0.2) is 0 Å². The van der Waals surface area contributed by atoms with Crippen LogP contribution in [0.25, 0.3) is 0 Å². The summed E-state index contributed by atoms with van der Waals surface area (Å²) in [6, 6.07) is 2.25. The third kappa shape index (κ3) is 4.65. The Labute approximate surface area is 123 Å². The summed E-state index contributed by atoms with van der Waals surface area (Å²) in [6.07, 6.45) is 3.98. The maximum absolute atomic E-state index is 3.56. The van der Waals surface area contributed by atoms with Crippen LogP contribution in [0, 0.1) is 5.92 Å². The lowest BCUT2D eigenvalue weighted by Crippen LogP contribution is -2.39. The number of hydrogen-bond donors (Lipinski definition) is 1. The molecular weight excluding hydrogens is 308 g/mol. The van der Waals surface area contributed by atoms with Gasteiger partial charge >= 0.3 is 0 Å². The van der Waals surface area contributed by atoms with Crippen LogP contribution in [0.2, 0.25) is 0 Å². The Morgan fingerprint density at radius 3 is 3.17 bits per heavy atom. The first kappa shape index (κ1) is 14.5. The molecule has 0 bridgehead atoms. The molecule has 2 rings (SSSR count). The smallest absolute Gasteiger partial charge is 0.0328 e. The quantitative estimate of drug-likeness (QED) is 0.799. The minimum atomic E-state index is 0.841. The molecule has 102 valence electrons. The van der Waals surface area contributed by atoms with Gasteiger partial charge in [0, 0.05) is 27.8 Å². The molecule has 1 aliphatic rings. The predicted octanol–water partition coefficient (Wildman–Crippen LogP) is 3.72. The van der Waals surface area contributed by atoms with E-state index in [9.17, 15) is 0 Å². The SMILES string of the molecule is CCCNCC1CCCN(Cc2cc(Br)cs2)C1.